The number of hydrogen-bond acceptors (Lipinski definition) is 4. The van der Waals surface area contributed by atoms with Gasteiger partial charge in [-0.25, -0.2) is 9.97 Å². The van der Waals surface area contributed by atoms with Crippen molar-refractivity contribution >= 4 is 33.5 Å². The van der Waals surface area contributed by atoms with E-state index in [1.165, 1.54) is 0 Å². The summed E-state index contributed by atoms with van der Waals surface area (Å²) in [6, 6.07) is 7.42. The van der Waals surface area contributed by atoms with E-state index in [-0.39, 0.29) is 5.91 Å². The third kappa shape index (κ3) is 3.33. The van der Waals surface area contributed by atoms with Crippen LogP contribution in [0.4, 0.5) is 11.6 Å². The van der Waals surface area contributed by atoms with E-state index in [0.717, 1.165) is 10.2 Å². The molecule has 20 heavy (non-hydrogen) atoms. The predicted octanol–water partition coefficient (Wildman–Crippen LogP) is 2.87. The molecule has 5 nitrogen and oxygen atoms in total. The second kappa shape index (κ2) is 6.00. The molecule has 1 aromatic heterocycles. The molecule has 0 fully saturated rings. The van der Waals surface area contributed by atoms with Crippen molar-refractivity contribution in [3.8, 4) is 0 Å². The number of carbonyl (C=O) groups is 1. The molecule has 0 atom stereocenters. The van der Waals surface area contributed by atoms with Crippen LogP contribution in [0.1, 0.15) is 16.1 Å². The molecule has 2 rings (SSSR count). The maximum Gasteiger partial charge on any atom is 0.259 e. The summed E-state index contributed by atoms with van der Waals surface area (Å²) in [6.07, 6.45) is 1.55. The lowest BCUT2D eigenvalue weighted by Gasteiger charge is -2.12. The molecule has 1 N–H and O–H groups in total. The fourth-order valence-corrected chi connectivity index (χ4v) is 2.06. The maximum atomic E-state index is 12.2. The van der Waals surface area contributed by atoms with Gasteiger partial charge in [0, 0.05) is 30.5 Å². The van der Waals surface area contributed by atoms with Gasteiger partial charge in [0.15, 0.2) is 0 Å². The highest BCUT2D eigenvalue weighted by Gasteiger charge is 2.12. The Hall–Kier alpha value is -1.95. The Bertz CT molecular complexity index is 643. The Morgan fingerprint density at radius 1 is 1.35 bits per heavy atom. The van der Waals surface area contributed by atoms with Gasteiger partial charge < -0.3 is 10.2 Å². The molecule has 1 amide bonds. The first-order chi connectivity index (χ1) is 9.47. The minimum Gasteiger partial charge on any atom is -0.347 e. The van der Waals surface area contributed by atoms with Crippen molar-refractivity contribution in [1.82, 2.24) is 9.97 Å². The average Bonchev–Trinajstić information content (AvgIpc) is 2.38. The number of nitrogens with one attached hydrogen (secondary N) is 1. The Labute approximate surface area is 126 Å². The molecule has 1 heterocycles. The Morgan fingerprint density at radius 3 is 2.70 bits per heavy atom. The Morgan fingerprint density at radius 2 is 2.10 bits per heavy atom. The zero-order chi connectivity index (χ0) is 14.7. The van der Waals surface area contributed by atoms with E-state index in [1.807, 2.05) is 38.4 Å². The van der Waals surface area contributed by atoms with E-state index in [0.29, 0.717) is 17.2 Å². The van der Waals surface area contributed by atoms with Gasteiger partial charge in [-0.2, -0.15) is 0 Å². The molecule has 0 spiro atoms. The van der Waals surface area contributed by atoms with Gasteiger partial charge in [-0.1, -0.05) is 22.0 Å². The quantitative estimate of drug-likeness (QED) is 0.937. The molecule has 6 heteroatoms. The predicted molar refractivity (Wildman–Crippen MR) is 83.2 cm³/mol. The second-order valence-corrected chi connectivity index (χ2v) is 5.44. The molecular weight excluding hydrogens is 320 g/mol. The lowest BCUT2D eigenvalue weighted by molar-refractivity contribution is 0.102. The van der Waals surface area contributed by atoms with Gasteiger partial charge in [-0.05, 0) is 25.1 Å². The number of carbonyl (C=O) groups excluding carboxylic acids is 1. The molecular formula is C14H15BrN4O. The molecule has 0 bridgehead atoms. The zero-order valence-electron chi connectivity index (χ0n) is 11.5. The van der Waals surface area contributed by atoms with Crippen molar-refractivity contribution in [2.45, 2.75) is 6.92 Å². The van der Waals surface area contributed by atoms with Crippen LogP contribution in [0.3, 0.4) is 0 Å². The van der Waals surface area contributed by atoms with Crippen LogP contribution in [0.2, 0.25) is 0 Å². The molecule has 0 aliphatic carbocycles. The van der Waals surface area contributed by atoms with Gasteiger partial charge in [0.1, 0.15) is 0 Å². The summed E-state index contributed by atoms with van der Waals surface area (Å²) in [4.78, 5) is 22.5. The van der Waals surface area contributed by atoms with Gasteiger partial charge in [0.25, 0.3) is 5.91 Å². The van der Waals surface area contributed by atoms with E-state index in [2.05, 4.69) is 31.2 Å². The Kier molecular flexibility index (Phi) is 4.34. The number of hydrogen-bond donors (Lipinski definition) is 1. The van der Waals surface area contributed by atoms with Crippen molar-refractivity contribution in [1.29, 1.82) is 0 Å². The normalized spacial score (nSPS) is 10.2. The van der Waals surface area contributed by atoms with Crippen LogP contribution in [0.25, 0.3) is 0 Å². The molecule has 0 aliphatic rings. The lowest BCUT2D eigenvalue weighted by Crippen LogP contribution is -2.18. The highest BCUT2D eigenvalue weighted by molar-refractivity contribution is 9.10. The minimum atomic E-state index is -0.217. The summed E-state index contributed by atoms with van der Waals surface area (Å²) in [5, 5.41) is 2.83. The van der Waals surface area contributed by atoms with Crippen molar-refractivity contribution in [3.05, 3.63) is 46.2 Å². The van der Waals surface area contributed by atoms with Crippen LogP contribution >= 0.6 is 15.9 Å². The maximum absolute atomic E-state index is 12.2. The van der Waals surface area contributed by atoms with E-state index >= 15 is 0 Å². The molecule has 0 saturated heterocycles. The third-order valence-corrected chi connectivity index (χ3v) is 3.19. The van der Waals surface area contributed by atoms with Gasteiger partial charge in [-0.3, -0.25) is 4.79 Å². The topological polar surface area (TPSA) is 58.1 Å². The van der Waals surface area contributed by atoms with Gasteiger partial charge >= 0.3 is 0 Å². The van der Waals surface area contributed by atoms with Crippen LogP contribution in [-0.2, 0) is 0 Å². The molecule has 0 radical (unpaired) electrons. The first-order valence-electron chi connectivity index (χ1n) is 6.05. The van der Waals surface area contributed by atoms with Crippen LogP contribution < -0.4 is 10.2 Å². The van der Waals surface area contributed by atoms with Crippen LogP contribution in [0.5, 0.6) is 0 Å². The molecule has 2 aromatic rings. The summed E-state index contributed by atoms with van der Waals surface area (Å²) < 4.78 is 0.909. The third-order valence-electron chi connectivity index (χ3n) is 2.69. The van der Waals surface area contributed by atoms with Crippen molar-refractivity contribution in [2.75, 3.05) is 24.3 Å². The van der Waals surface area contributed by atoms with Crippen molar-refractivity contribution in [2.24, 2.45) is 0 Å². The fraction of sp³-hybridized carbons (Fsp3) is 0.214. The number of anilines is 2. The molecule has 104 valence electrons. The molecule has 0 aliphatic heterocycles. The SMILES string of the molecule is Cc1nc(N(C)C)ncc1C(=O)Nc1cccc(Br)c1. The van der Waals surface area contributed by atoms with Crippen LogP contribution in [0.15, 0.2) is 34.9 Å². The van der Waals surface area contributed by atoms with Crippen molar-refractivity contribution < 1.29 is 4.79 Å². The van der Waals surface area contributed by atoms with Gasteiger partial charge in [-0.15, -0.1) is 0 Å². The van der Waals surface area contributed by atoms with E-state index in [1.54, 1.807) is 18.0 Å². The van der Waals surface area contributed by atoms with Crippen LogP contribution in [-0.4, -0.2) is 30.0 Å². The minimum absolute atomic E-state index is 0.217. The van der Waals surface area contributed by atoms with Gasteiger partial charge in [0.05, 0.1) is 11.3 Å². The lowest BCUT2D eigenvalue weighted by atomic mass is 10.2. The monoisotopic (exact) mass is 334 g/mol. The van der Waals surface area contributed by atoms with Gasteiger partial charge in [0.2, 0.25) is 5.95 Å². The summed E-state index contributed by atoms with van der Waals surface area (Å²) in [7, 11) is 3.71. The largest absolute Gasteiger partial charge is 0.347 e. The standard InChI is InChI=1S/C14H15BrN4O/c1-9-12(8-16-14(17-9)19(2)3)13(20)18-11-6-4-5-10(15)7-11/h4-8H,1-3H3,(H,18,20). The summed E-state index contributed by atoms with van der Waals surface area (Å²) in [5.74, 6) is 0.368. The smallest absolute Gasteiger partial charge is 0.259 e. The first kappa shape index (κ1) is 14.5. The number of halogens is 1. The van der Waals surface area contributed by atoms with Crippen molar-refractivity contribution in [3.63, 3.8) is 0 Å². The molecule has 1 aromatic carbocycles. The number of aryl methyl sites for hydroxylation is 1. The number of nitrogens with zero attached hydrogens (tertiary/aromatic N) is 3. The van der Waals surface area contributed by atoms with E-state index in [9.17, 15) is 4.79 Å². The number of rotatable bonds is 3. The molecule has 0 saturated carbocycles. The highest BCUT2D eigenvalue weighted by Crippen LogP contribution is 2.17. The fourth-order valence-electron chi connectivity index (χ4n) is 1.66. The number of benzene rings is 1. The first-order valence-corrected chi connectivity index (χ1v) is 6.84. The number of amides is 1. The van der Waals surface area contributed by atoms with E-state index < -0.39 is 0 Å². The van der Waals surface area contributed by atoms with E-state index in [4.69, 9.17) is 0 Å². The Balaban J connectivity index is 2.21. The molecule has 0 unspecified atom stereocenters. The summed E-state index contributed by atoms with van der Waals surface area (Å²) >= 11 is 3.37. The second-order valence-electron chi connectivity index (χ2n) is 4.53. The highest BCUT2D eigenvalue weighted by atomic mass is 79.9. The van der Waals surface area contributed by atoms with Crippen LogP contribution in [0, 0.1) is 6.92 Å². The zero-order valence-corrected chi connectivity index (χ0v) is 13.1. The average molecular weight is 335 g/mol. The summed E-state index contributed by atoms with van der Waals surface area (Å²) in [6.45, 7) is 1.80. The summed E-state index contributed by atoms with van der Waals surface area (Å²) in [5.41, 5.74) is 1.84. The number of aromatic nitrogens is 2.